The molecule has 0 spiro atoms. The molecule has 0 radical (unpaired) electrons. The molecule has 2 rings (SSSR count). The summed E-state index contributed by atoms with van der Waals surface area (Å²) in [4.78, 5) is 4.67. The summed E-state index contributed by atoms with van der Waals surface area (Å²) in [7, 11) is 0. The SMILES string of the molecule is CCCc1nc2ccccc2n1CCC(N)CO. The van der Waals surface area contributed by atoms with Crippen LogP contribution >= 0.6 is 0 Å². The molecule has 98 valence electrons. The van der Waals surface area contributed by atoms with E-state index in [0.717, 1.165) is 42.7 Å². The number of benzene rings is 1. The Morgan fingerprint density at radius 1 is 1.39 bits per heavy atom. The average molecular weight is 247 g/mol. The van der Waals surface area contributed by atoms with E-state index in [9.17, 15) is 0 Å². The number of rotatable bonds is 6. The van der Waals surface area contributed by atoms with Crippen molar-refractivity contribution in [3.05, 3.63) is 30.1 Å². The molecule has 0 aliphatic rings. The zero-order valence-electron chi connectivity index (χ0n) is 10.8. The summed E-state index contributed by atoms with van der Waals surface area (Å²) in [6.07, 6.45) is 2.83. The van der Waals surface area contributed by atoms with Gasteiger partial charge in [0.25, 0.3) is 0 Å². The molecule has 1 aromatic carbocycles. The molecule has 0 fully saturated rings. The van der Waals surface area contributed by atoms with Crippen LogP contribution in [0.5, 0.6) is 0 Å². The summed E-state index contributed by atoms with van der Waals surface area (Å²) < 4.78 is 2.23. The summed E-state index contributed by atoms with van der Waals surface area (Å²) >= 11 is 0. The maximum absolute atomic E-state index is 9.00. The Hall–Kier alpha value is -1.39. The molecule has 0 aliphatic carbocycles. The van der Waals surface area contributed by atoms with Gasteiger partial charge in [-0.15, -0.1) is 0 Å². The summed E-state index contributed by atoms with van der Waals surface area (Å²) in [5.41, 5.74) is 7.97. The van der Waals surface area contributed by atoms with E-state index in [4.69, 9.17) is 10.8 Å². The first-order chi connectivity index (χ1) is 8.76. The number of fused-ring (bicyclic) bond motifs is 1. The van der Waals surface area contributed by atoms with Gasteiger partial charge in [-0.25, -0.2) is 4.98 Å². The first-order valence-electron chi connectivity index (χ1n) is 6.56. The monoisotopic (exact) mass is 247 g/mol. The van der Waals surface area contributed by atoms with E-state index in [1.807, 2.05) is 18.2 Å². The van der Waals surface area contributed by atoms with Gasteiger partial charge >= 0.3 is 0 Å². The zero-order chi connectivity index (χ0) is 13.0. The van der Waals surface area contributed by atoms with Gasteiger partial charge in [0.2, 0.25) is 0 Å². The van der Waals surface area contributed by atoms with Gasteiger partial charge in [0.15, 0.2) is 0 Å². The first kappa shape index (κ1) is 13.1. The fourth-order valence-electron chi connectivity index (χ4n) is 2.18. The Morgan fingerprint density at radius 2 is 2.17 bits per heavy atom. The second-order valence-corrected chi connectivity index (χ2v) is 4.65. The van der Waals surface area contributed by atoms with Crippen molar-refractivity contribution in [3.8, 4) is 0 Å². The zero-order valence-corrected chi connectivity index (χ0v) is 10.8. The molecule has 0 aliphatic heterocycles. The minimum Gasteiger partial charge on any atom is -0.395 e. The van der Waals surface area contributed by atoms with Crippen molar-refractivity contribution in [2.45, 2.75) is 38.8 Å². The highest BCUT2D eigenvalue weighted by Gasteiger charge is 2.10. The average Bonchev–Trinajstić information content (AvgIpc) is 2.74. The van der Waals surface area contributed by atoms with E-state index in [1.54, 1.807) is 0 Å². The summed E-state index contributed by atoms with van der Waals surface area (Å²) in [5.74, 6) is 1.11. The van der Waals surface area contributed by atoms with E-state index in [2.05, 4.69) is 22.5 Å². The van der Waals surface area contributed by atoms with Crippen molar-refractivity contribution in [1.29, 1.82) is 0 Å². The molecular weight excluding hydrogens is 226 g/mol. The lowest BCUT2D eigenvalue weighted by Gasteiger charge is -2.12. The van der Waals surface area contributed by atoms with Gasteiger partial charge in [0, 0.05) is 19.0 Å². The molecule has 1 unspecified atom stereocenters. The molecule has 0 bridgehead atoms. The third-order valence-electron chi connectivity index (χ3n) is 3.17. The van der Waals surface area contributed by atoms with Gasteiger partial charge in [-0.2, -0.15) is 0 Å². The number of aliphatic hydroxyl groups excluding tert-OH is 1. The van der Waals surface area contributed by atoms with Crippen molar-refractivity contribution in [2.75, 3.05) is 6.61 Å². The highest BCUT2D eigenvalue weighted by atomic mass is 16.3. The van der Waals surface area contributed by atoms with Gasteiger partial charge in [-0.1, -0.05) is 19.1 Å². The Labute approximate surface area is 107 Å². The van der Waals surface area contributed by atoms with Crippen LogP contribution in [0, 0.1) is 0 Å². The van der Waals surface area contributed by atoms with E-state index in [1.165, 1.54) is 0 Å². The lowest BCUT2D eigenvalue weighted by atomic mass is 10.2. The standard InChI is InChI=1S/C14H21N3O/c1-2-5-14-16-12-6-3-4-7-13(12)17(14)9-8-11(15)10-18/h3-4,6-7,11,18H,2,5,8-10,15H2,1H3. The predicted molar refractivity (Wildman–Crippen MR) is 73.4 cm³/mol. The molecule has 0 saturated heterocycles. The number of para-hydroxylation sites is 2. The summed E-state index contributed by atoms with van der Waals surface area (Å²) in [6, 6.07) is 8.01. The Morgan fingerprint density at radius 3 is 2.89 bits per heavy atom. The highest BCUT2D eigenvalue weighted by molar-refractivity contribution is 5.75. The fraction of sp³-hybridized carbons (Fsp3) is 0.500. The smallest absolute Gasteiger partial charge is 0.109 e. The number of aliphatic hydroxyl groups is 1. The van der Waals surface area contributed by atoms with Crippen LogP contribution in [0.1, 0.15) is 25.6 Å². The lowest BCUT2D eigenvalue weighted by Crippen LogP contribution is -2.26. The first-order valence-corrected chi connectivity index (χ1v) is 6.56. The largest absolute Gasteiger partial charge is 0.395 e. The highest BCUT2D eigenvalue weighted by Crippen LogP contribution is 2.17. The van der Waals surface area contributed by atoms with Gasteiger partial charge in [0.05, 0.1) is 17.6 Å². The number of hydrogen-bond acceptors (Lipinski definition) is 3. The number of nitrogens with zero attached hydrogens (tertiary/aromatic N) is 2. The van der Waals surface area contributed by atoms with E-state index >= 15 is 0 Å². The summed E-state index contributed by atoms with van der Waals surface area (Å²) in [5, 5.41) is 9.00. The lowest BCUT2D eigenvalue weighted by molar-refractivity contribution is 0.256. The second-order valence-electron chi connectivity index (χ2n) is 4.65. The topological polar surface area (TPSA) is 64.1 Å². The van der Waals surface area contributed by atoms with E-state index in [-0.39, 0.29) is 12.6 Å². The third kappa shape index (κ3) is 2.71. The van der Waals surface area contributed by atoms with Crippen LogP contribution in [0.25, 0.3) is 11.0 Å². The second kappa shape index (κ2) is 5.98. The third-order valence-corrected chi connectivity index (χ3v) is 3.17. The number of imidazole rings is 1. The fourth-order valence-corrected chi connectivity index (χ4v) is 2.18. The molecule has 2 aromatic rings. The maximum Gasteiger partial charge on any atom is 0.109 e. The predicted octanol–water partition coefficient (Wildman–Crippen LogP) is 1.70. The number of nitrogens with two attached hydrogens (primary N) is 1. The molecule has 1 aromatic heterocycles. The number of hydrogen-bond donors (Lipinski definition) is 2. The van der Waals surface area contributed by atoms with Crippen LogP contribution in [0.4, 0.5) is 0 Å². The van der Waals surface area contributed by atoms with Crippen LogP contribution in [-0.4, -0.2) is 27.3 Å². The minimum atomic E-state index is -0.152. The maximum atomic E-state index is 9.00. The van der Waals surface area contributed by atoms with Crippen LogP contribution < -0.4 is 5.73 Å². The molecule has 4 heteroatoms. The molecule has 0 amide bonds. The molecule has 4 nitrogen and oxygen atoms in total. The van der Waals surface area contributed by atoms with Crippen LogP contribution in [0.2, 0.25) is 0 Å². The molecule has 1 atom stereocenters. The minimum absolute atomic E-state index is 0.0374. The van der Waals surface area contributed by atoms with Crippen molar-refractivity contribution in [2.24, 2.45) is 5.73 Å². The van der Waals surface area contributed by atoms with Crippen LogP contribution in [-0.2, 0) is 13.0 Å². The van der Waals surface area contributed by atoms with E-state index in [0.29, 0.717) is 0 Å². The van der Waals surface area contributed by atoms with Gasteiger partial charge in [0.1, 0.15) is 5.82 Å². The molecule has 0 saturated carbocycles. The van der Waals surface area contributed by atoms with Crippen LogP contribution in [0.3, 0.4) is 0 Å². The molecule has 1 heterocycles. The van der Waals surface area contributed by atoms with Gasteiger partial charge in [-0.05, 0) is 25.0 Å². The Bertz CT molecular complexity index is 507. The van der Waals surface area contributed by atoms with Crippen molar-refractivity contribution >= 4 is 11.0 Å². The molecular formula is C14H21N3O. The Kier molecular flexibility index (Phi) is 4.33. The van der Waals surface area contributed by atoms with Crippen LogP contribution in [0.15, 0.2) is 24.3 Å². The van der Waals surface area contributed by atoms with E-state index < -0.39 is 0 Å². The van der Waals surface area contributed by atoms with Crippen molar-refractivity contribution in [1.82, 2.24) is 9.55 Å². The molecule has 18 heavy (non-hydrogen) atoms. The Balaban J connectivity index is 2.29. The van der Waals surface area contributed by atoms with Crippen molar-refractivity contribution in [3.63, 3.8) is 0 Å². The number of aryl methyl sites for hydroxylation is 2. The quantitative estimate of drug-likeness (QED) is 0.816. The normalized spacial score (nSPS) is 13.1. The summed E-state index contributed by atoms with van der Waals surface area (Å²) in [6.45, 7) is 3.01. The number of aromatic nitrogens is 2. The van der Waals surface area contributed by atoms with Crippen molar-refractivity contribution < 1.29 is 5.11 Å². The molecule has 3 N–H and O–H groups in total. The van der Waals surface area contributed by atoms with Gasteiger partial charge in [-0.3, -0.25) is 0 Å². The van der Waals surface area contributed by atoms with Gasteiger partial charge < -0.3 is 15.4 Å².